The fourth-order valence-corrected chi connectivity index (χ4v) is 2.71. The number of β-amino-alcohol motifs (C(OH)–C–C–N with tert-alkyl or cyclic N) is 1. The number of ketones is 1. The predicted octanol–water partition coefficient (Wildman–Crippen LogP) is 1.87. The van der Waals surface area contributed by atoms with E-state index < -0.39 is 0 Å². The topological polar surface area (TPSA) is 40.5 Å². The maximum absolute atomic E-state index is 12.1. The van der Waals surface area contributed by atoms with Crippen molar-refractivity contribution in [3.8, 4) is 0 Å². The number of nitrogens with zero attached hydrogens (tertiary/aromatic N) is 1. The molecule has 3 nitrogen and oxygen atoms in total. The van der Waals surface area contributed by atoms with E-state index in [1.54, 1.807) is 0 Å². The fraction of sp³-hybridized carbons (Fsp3) is 0.562. The van der Waals surface area contributed by atoms with E-state index in [0.717, 1.165) is 26.1 Å². The molecule has 0 saturated carbocycles. The van der Waals surface area contributed by atoms with Crippen LogP contribution in [0.1, 0.15) is 29.5 Å². The van der Waals surface area contributed by atoms with Gasteiger partial charge >= 0.3 is 0 Å². The molecule has 1 fully saturated rings. The van der Waals surface area contributed by atoms with Crippen LogP contribution in [0, 0.1) is 13.8 Å². The summed E-state index contributed by atoms with van der Waals surface area (Å²) in [5.74, 6) is 0.291. The molecule has 1 N–H and O–H groups in total. The van der Waals surface area contributed by atoms with E-state index in [9.17, 15) is 9.90 Å². The SMILES string of the molecule is Cc1cccc(C)c1CC(=O)CCN1CC[C@@H](O)C1. The van der Waals surface area contributed by atoms with Gasteiger partial charge in [-0.1, -0.05) is 18.2 Å². The van der Waals surface area contributed by atoms with Crippen LogP contribution in [0.5, 0.6) is 0 Å². The van der Waals surface area contributed by atoms with Crippen molar-refractivity contribution in [2.45, 2.75) is 39.2 Å². The standard InChI is InChI=1S/C16H23NO2/c1-12-4-3-5-13(2)16(12)10-14(18)6-8-17-9-7-15(19)11-17/h3-5,15,19H,6-11H2,1-2H3/t15-/m1/s1. The van der Waals surface area contributed by atoms with Crippen LogP contribution < -0.4 is 0 Å². The number of aliphatic hydroxyl groups excluding tert-OH is 1. The summed E-state index contributed by atoms with van der Waals surface area (Å²) in [6, 6.07) is 6.16. The molecule has 1 atom stereocenters. The zero-order valence-corrected chi connectivity index (χ0v) is 11.9. The molecule has 104 valence electrons. The van der Waals surface area contributed by atoms with Crippen molar-refractivity contribution in [3.05, 3.63) is 34.9 Å². The first-order chi connectivity index (χ1) is 9.06. The lowest BCUT2D eigenvalue weighted by molar-refractivity contribution is -0.118. The highest BCUT2D eigenvalue weighted by Gasteiger charge is 2.20. The van der Waals surface area contributed by atoms with Gasteiger partial charge in [-0.25, -0.2) is 0 Å². The number of carbonyl (C=O) groups is 1. The highest BCUT2D eigenvalue weighted by Crippen LogP contribution is 2.15. The van der Waals surface area contributed by atoms with E-state index >= 15 is 0 Å². The van der Waals surface area contributed by atoms with Crippen LogP contribution in [0.2, 0.25) is 0 Å². The lowest BCUT2D eigenvalue weighted by Crippen LogP contribution is -2.25. The number of aryl methyl sites for hydroxylation is 2. The van der Waals surface area contributed by atoms with Crippen LogP contribution in [0.4, 0.5) is 0 Å². The lowest BCUT2D eigenvalue weighted by atomic mass is 9.97. The van der Waals surface area contributed by atoms with Gasteiger partial charge in [0.2, 0.25) is 0 Å². The third-order valence-corrected chi connectivity index (χ3v) is 3.97. The molecule has 0 radical (unpaired) electrons. The Morgan fingerprint density at radius 1 is 1.37 bits per heavy atom. The lowest BCUT2D eigenvalue weighted by Gasteiger charge is -2.14. The van der Waals surface area contributed by atoms with Crippen molar-refractivity contribution in [2.75, 3.05) is 19.6 Å². The number of hydrogen-bond donors (Lipinski definition) is 1. The van der Waals surface area contributed by atoms with Gasteiger partial charge in [0.25, 0.3) is 0 Å². The van der Waals surface area contributed by atoms with E-state index in [1.807, 2.05) is 6.07 Å². The van der Waals surface area contributed by atoms with E-state index in [0.29, 0.717) is 18.6 Å². The third-order valence-electron chi connectivity index (χ3n) is 3.97. The van der Waals surface area contributed by atoms with Gasteiger partial charge in [0.05, 0.1) is 6.10 Å². The average molecular weight is 261 g/mol. The highest BCUT2D eigenvalue weighted by molar-refractivity contribution is 5.81. The van der Waals surface area contributed by atoms with Gasteiger partial charge in [0.1, 0.15) is 5.78 Å². The molecule has 1 aromatic carbocycles. The Labute approximate surface area is 115 Å². The summed E-state index contributed by atoms with van der Waals surface area (Å²) in [6.45, 7) is 6.54. The second kappa shape index (κ2) is 6.31. The quantitative estimate of drug-likeness (QED) is 0.879. The largest absolute Gasteiger partial charge is 0.392 e. The zero-order valence-electron chi connectivity index (χ0n) is 11.9. The normalized spacial score (nSPS) is 19.8. The van der Waals surface area contributed by atoms with Crippen LogP contribution in [-0.4, -0.2) is 41.5 Å². The van der Waals surface area contributed by atoms with Crippen molar-refractivity contribution in [2.24, 2.45) is 0 Å². The van der Waals surface area contributed by atoms with Gasteiger partial charge in [0.15, 0.2) is 0 Å². The van der Waals surface area contributed by atoms with Crippen LogP contribution >= 0.6 is 0 Å². The Morgan fingerprint density at radius 3 is 2.63 bits per heavy atom. The summed E-state index contributed by atoms with van der Waals surface area (Å²) in [5, 5.41) is 9.45. The van der Waals surface area contributed by atoms with Crippen molar-refractivity contribution in [3.63, 3.8) is 0 Å². The molecule has 0 aromatic heterocycles. The molecule has 3 heteroatoms. The van der Waals surface area contributed by atoms with Crippen molar-refractivity contribution in [1.29, 1.82) is 0 Å². The maximum Gasteiger partial charge on any atom is 0.138 e. The molecule has 1 saturated heterocycles. The average Bonchev–Trinajstić information content (AvgIpc) is 2.77. The smallest absolute Gasteiger partial charge is 0.138 e. The van der Waals surface area contributed by atoms with Gasteiger partial charge in [-0.3, -0.25) is 4.79 Å². The van der Waals surface area contributed by atoms with Gasteiger partial charge in [-0.15, -0.1) is 0 Å². The van der Waals surface area contributed by atoms with Crippen molar-refractivity contribution < 1.29 is 9.90 Å². The summed E-state index contributed by atoms with van der Waals surface area (Å²) in [6.07, 6.45) is 1.76. The summed E-state index contributed by atoms with van der Waals surface area (Å²) in [5.41, 5.74) is 3.57. The molecule has 1 heterocycles. The number of aliphatic hydroxyl groups is 1. The Bertz CT molecular complexity index is 436. The maximum atomic E-state index is 12.1. The Morgan fingerprint density at radius 2 is 2.05 bits per heavy atom. The second-order valence-electron chi connectivity index (χ2n) is 5.58. The number of hydrogen-bond acceptors (Lipinski definition) is 3. The molecule has 1 aliphatic heterocycles. The van der Waals surface area contributed by atoms with E-state index in [-0.39, 0.29) is 6.10 Å². The molecule has 0 bridgehead atoms. The van der Waals surface area contributed by atoms with E-state index in [2.05, 4.69) is 30.9 Å². The number of carbonyl (C=O) groups excluding carboxylic acids is 1. The Hall–Kier alpha value is -1.19. The zero-order chi connectivity index (χ0) is 13.8. The molecular weight excluding hydrogens is 238 g/mol. The Kier molecular flexibility index (Phi) is 4.72. The van der Waals surface area contributed by atoms with Crippen LogP contribution in [0.15, 0.2) is 18.2 Å². The summed E-state index contributed by atoms with van der Waals surface area (Å²) in [7, 11) is 0. The summed E-state index contributed by atoms with van der Waals surface area (Å²) < 4.78 is 0. The number of rotatable bonds is 5. The summed E-state index contributed by atoms with van der Waals surface area (Å²) >= 11 is 0. The first-order valence-corrected chi connectivity index (χ1v) is 7.03. The summed E-state index contributed by atoms with van der Waals surface area (Å²) in [4.78, 5) is 14.2. The van der Waals surface area contributed by atoms with Crippen molar-refractivity contribution in [1.82, 2.24) is 4.90 Å². The molecular formula is C16H23NO2. The second-order valence-corrected chi connectivity index (χ2v) is 5.58. The highest BCUT2D eigenvalue weighted by atomic mass is 16.3. The minimum Gasteiger partial charge on any atom is -0.392 e. The minimum absolute atomic E-state index is 0.200. The van der Waals surface area contributed by atoms with Gasteiger partial charge in [0, 0.05) is 32.5 Å². The van der Waals surface area contributed by atoms with Crippen LogP contribution in [-0.2, 0) is 11.2 Å². The Balaban J connectivity index is 1.84. The molecule has 19 heavy (non-hydrogen) atoms. The first kappa shape index (κ1) is 14.2. The van der Waals surface area contributed by atoms with Crippen LogP contribution in [0.25, 0.3) is 0 Å². The van der Waals surface area contributed by atoms with Gasteiger partial charge in [-0.2, -0.15) is 0 Å². The minimum atomic E-state index is -0.200. The molecule has 0 spiro atoms. The number of Topliss-reactive ketones (excluding diaryl/α,β-unsaturated/α-hetero) is 1. The molecule has 0 unspecified atom stereocenters. The third kappa shape index (κ3) is 3.88. The molecule has 1 aromatic rings. The van der Waals surface area contributed by atoms with Gasteiger partial charge in [-0.05, 0) is 37.0 Å². The monoisotopic (exact) mass is 261 g/mol. The van der Waals surface area contributed by atoms with E-state index in [1.165, 1.54) is 16.7 Å². The number of benzene rings is 1. The van der Waals surface area contributed by atoms with E-state index in [4.69, 9.17) is 0 Å². The molecule has 2 rings (SSSR count). The molecule has 1 aliphatic rings. The van der Waals surface area contributed by atoms with Crippen molar-refractivity contribution >= 4 is 5.78 Å². The number of likely N-dealkylation sites (tertiary alicyclic amines) is 1. The predicted molar refractivity (Wildman–Crippen MR) is 76.3 cm³/mol. The molecule has 0 amide bonds. The van der Waals surface area contributed by atoms with Crippen LogP contribution in [0.3, 0.4) is 0 Å². The van der Waals surface area contributed by atoms with Gasteiger partial charge < -0.3 is 10.0 Å². The first-order valence-electron chi connectivity index (χ1n) is 7.03. The fourth-order valence-electron chi connectivity index (χ4n) is 2.71. The molecule has 0 aliphatic carbocycles.